The first-order valence-electron chi connectivity index (χ1n) is 6.97. The highest BCUT2D eigenvalue weighted by molar-refractivity contribution is 5.24. The summed E-state index contributed by atoms with van der Waals surface area (Å²) in [5.74, 6) is 1.33. The van der Waals surface area contributed by atoms with E-state index in [1.54, 1.807) is 0 Å². The molecule has 0 aliphatic heterocycles. The molecule has 0 saturated carbocycles. The second-order valence-corrected chi connectivity index (χ2v) is 6.45. The summed E-state index contributed by atoms with van der Waals surface area (Å²) >= 11 is 0. The third kappa shape index (κ3) is 3.90. The van der Waals surface area contributed by atoms with Gasteiger partial charge in [-0.1, -0.05) is 55.8 Å². The molecule has 0 aliphatic carbocycles. The lowest BCUT2D eigenvalue weighted by Crippen LogP contribution is -2.37. The molecule has 0 aliphatic rings. The number of hydrogen-bond acceptors (Lipinski definition) is 4. The van der Waals surface area contributed by atoms with Crippen LogP contribution in [0.3, 0.4) is 0 Å². The van der Waals surface area contributed by atoms with Crippen LogP contribution in [0.5, 0.6) is 0 Å². The Morgan fingerprint density at radius 2 is 2.05 bits per heavy atom. The lowest BCUT2D eigenvalue weighted by molar-refractivity contribution is 0.285. The van der Waals surface area contributed by atoms with Gasteiger partial charge in [0.25, 0.3) is 0 Å². The van der Waals surface area contributed by atoms with Crippen molar-refractivity contribution in [3.05, 3.63) is 47.1 Å². The van der Waals surface area contributed by atoms with E-state index in [2.05, 4.69) is 56.0 Å². The van der Waals surface area contributed by atoms with Gasteiger partial charge in [-0.25, -0.2) is 0 Å². The highest BCUT2D eigenvalue weighted by atomic mass is 16.5. The van der Waals surface area contributed by atoms with Crippen molar-refractivity contribution in [2.45, 2.75) is 46.6 Å². The van der Waals surface area contributed by atoms with Crippen LogP contribution in [0, 0.1) is 12.3 Å². The molecule has 0 spiro atoms. The maximum Gasteiger partial charge on any atom is 0.228 e. The average Bonchev–Trinajstić information content (AvgIpc) is 2.75. The van der Waals surface area contributed by atoms with E-state index < -0.39 is 0 Å². The first-order valence-corrected chi connectivity index (χ1v) is 6.97. The Bertz CT molecular complexity index is 569. The lowest BCUT2D eigenvalue weighted by atomic mass is 9.85. The van der Waals surface area contributed by atoms with Crippen LogP contribution >= 0.6 is 0 Å². The van der Waals surface area contributed by atoms with Gasteiger partial charge in [-0.3, -0.25) is 0 Å². The smallest absolute Gasteiger partial charge is 0.228 e. The van der Waals surface area contributed by atoms with Crippen molar-refractivity contribution in [1.29, 1.82) is 0 Å². The number of nitrogens with two attached hydrogens (primary N) is 1. The second kappa shape index (κ2) is 5.75. The fourth-order valence-corrected chi connectivity index (χ4v) is 1.94. The van der Waals surface area contributed by atoms with Crippen molar-refractivity contribution in [1.82, 2.24) is 10.1 Å². The molecular weight excluding hydrogens is 250 g/mol. The molecule has 1 aromatic heterocycles. The first kappa shape index (κ1) is 14.7. The zero-order chi connectivity index (χ0) is 14.8. The van der Waals surface area contributed by atoms with Crippen molar-refractivity contribution >= 4 is 0 Å². The van der Waals surface area contributed by atoms with E-state index in [0.717, 1.165) is 0 Å². The summed E-state index contributed by atoms with van der Waals surface area (Å²) in [5.41, 5.74) is 8.60. The van der Waals surface area contributed by atoms with Gasteiger partial charge in [0.05, 0.1) is 0 Å². The minimum atomic E-state index is 0.00905. The predicted molar refractivity (Wildman–Crippen MR) is 79.4 cm³/mol. The molecule has 0 radical (unpaired) electrons. The summed E-state index contributed by atoms with van der Waals surface area (Å²) in [7, 11) is 0. The van der Waals surface area contributed by atoms with E-state index in [-0.39, 0.29) is 11.5 Å². The summed E-state index contributed by atoms with van der Waals surface area (Å²) in [4.78, 5) is 4.43. The molecule has 4 nitrogen and oxygen atoms in total. The minimum Gasteiger partial charge on any atom is -0.339 e. The summed E-state index contributed by atoms with van der Waals surface area (Å²) in [6.45, 7) is 8.42. The van der Waals surface area contributed by atoms with E-state index >= 15 is 0 Å². The van der Waals surface area contributed by atoms with Gasteiger partial charge in [-0.05, 0) is 17.9 Å². The monoisotopic (exact) mass is 273 g/mol. The molecule has 1 aromatic carbocycles. The van der Waals surface area contributed by atoms with Crippen LogP contribution in [-0.2, 0) is 12.8 Å². The Kier molecular flexibility index (Phi) is 4.23. The van der Waals surface area contributed by atoms with E-state index in [4.69, 9.17) is 10.3 Å². The fourth-order valence-electron chi connectivity index (χ4n) is 1.94. The zero-order valence-electron chi connectivity index (χ0n) is 12.7. The van der Waals surface area contributed by atoms with Crippen LogP contribution in [-0.4, -0.2) is 16.2 Å². The number of benzene rings is 1. The molecule has 4 heteroatoms. The van der Waals surface area contributed by atoms with E-state index in [9.17, 15) is 0 Å². The quantitative estimate of drug-likeness (QED) is 0.930. The largest absolute Gasteiger partial charge is 0.339 e. The summed E-state index contributed by atoms with van der Waals surface area (Å²) in [6.07, 6.45) is 1.31. The van der Waals surface area contributed by atoms with Crippen molar-refractivity contribution in [2.24, 2.45) is 11.1 Å². The van der Waals surface area contributed by atoms with Crippen LogP contribution < -0.4 is 5.73 Å². The third-order valence-electron chi connectivity index (χ3n) is 3.46. The van der Waals surface area contributed by atoms with Gasteiger partial charge < -0.3 is 10.3 Å². The van der Waals surface area contributed by atoms with Gasteiger partial charge in [-0.15, -0.1) is 0 Å². The van der Waals surface area contributed by atoms with Gasteiger partial charge in [-0.2, -0.15) is 4.98 Å². The first-order chi connectivity index (χ1) is 9.34. The van der Waals surface area contributed by atoms with Crippen LogP contribution in [0.25, 0.3) is 0 Å². The normalized spacial score (nSPS) is 13.4. The Hall–Kier alpha value is -1.68. The molecule has 0 amide bonds. The Labute approximate surface area is 120 Å². The Morgan fingerprint density at radius 3 is 2.70 bits per heavy atom. The van der Waals surface area contributed by atoms with Crippen LogP contribution in [0.4, 0.5) is 0 Å². The molecule has 1 heterocycles. The van der Waals surface area contributed by atoms with Crippen molar-refractivity contribution < 1.29 is 4.52 Å². The molecule has 2 aromatic rings. The fraction of sp³-hybridized carbons (Fsp3) is 0.500. The summed E-state index contributed by atoms with van der Waals surface area (Å²) in [5, 5.41) is 4.03. The van der Waals surface area contributed by atoms with Crippen LogP contribution in [0.1, 0.15) is 43.6 Å². The lowest BCUT2D eigenvalue weighted by Gasteiger charge is -2.25. The van der Waals surface area contributed by atoms with Crippen molar-refractivity contribution in [2.75, 3.05) is 0 Å². The second-order valence-electron chi connectivity index (χ2n) is 6.45. The Morgan fingerprint density at radius 1 is 1.30 bits per heavy atom. The molecule has 1 unspecified atom stereocenters. The van der Waals surface area contributed by atoms with Gasteiger partial charge in [0.1, 0.15) is 0 Å². The van der Waals surface area contributed by atoms with Gasteiger partial charge >= 0.3 is 0 Å². The highest BCUT2D eigenvalue weighted by Crippen LogP contribution is 2.20. The standard InChI is InChI=1S/C16H23N3O/c1-11-6-5-7-12(8-11)9-14-18-15(20-19-14)10-13(17)16(2,3)4/h5-8,13H,9-10,17H2,1-4H3. The average molecular weight is 273 g/mol. The maximum absolute atomic E-state index is 6.14. The molecule has 2 N–H and O–H groups in total. The van der Waals surface area contributed by atoms with Gasteiger partial charge in [0.2, 0.25) is 5.89 Å². The number of aromatic nitrogens is 2. The van der Waals surface area contributed by atoms with Crippen LogP contribution in [0.15, 0.2) is 28.8 Å². The third-order valence-corrected chi connectivity index (χ3v) is 3.46. The predicted octanol–water partition coefficient (Wildman–Crippen LogP) is 2.88. The van der Waals surface area contributed by atoms with Crippen molar-refractivity contribution in [3.8, 4) is 0 Å². The molecule has 108 valence electrons. The van der Waals surface area contributed by atoms with E-state index in [1.807, 2.05) is 6.07 Å². The van der Waals surface area contributed by atoms with E-state index in [1.165, 1.54) is 11.1 Å². The number of aryl methyl sites for hydroxylation is 1. The summed E-state index contributed by atoms with van der Waals surface area (Å²) in [6, 6.07) is 8.34. The van der Waals surface area contributed by atoms with E-state index in [0.29, 0.717) is 24.6 Å². The molecule has 2 rings (SSSR count). The Balaban J connectivity index is 2.02. The zero-order valence-corrected chi connectivity index (χ0v) is 12.7. The molecule has 20 heavy (non-hydrogen) atoms. The van der Waals surface area contributed by atoms with Crippen molar-refractivity contribution in [3.63, 3.8) is 0 Å². The molecule has 1 atom stereocenters. The maximum atomic E-state index is 6.14. The molecule has 0 bridgehead atoms. The minimum absolute atomic E-state index is 0.00905. The molecule has 0 fully saturated rings. The SMILES string of the molecule is Cc1cccc(Cc2noc(CC(N)C(C)(C)C)n2)c1. The number of nitrogens with zero attached hydrogens (tertiary/aromatic N) is 2. The molecule has 0 saturated heterocycles. The molecular formula is C16H23N3O. The highest BCUT2D eigenvalue weighted by Gasteiger charge is 2.23. The topological polar surface area (TPSA) is 64.9 Å². The van der Waals surface area contributed by atoms with Gasteiger partial charge in [0.15, 0.2) is 5.82 Å². The number of hydrogen-bond donors (Lipinski definition) is 1. The van der Waals surface area contributed by atoms with Crippen LogP contribution in [0.2, 0.25) is 0 Å². The summed E-state index contributed by atoms with van der Waals surface area (Å²) < 4.78 is 5.29. The van der Waals surface area contributed by atoms with Gasteiger partial charge in [0, 0.05) is 18.9 Å². The number of rotatable bonds is 4.